The monoisotopic (exact) mass is 473 g/mol. The topological polar surface area (TPSA) is 84.2 Å². The Labute approximate surface area is 194 Å². The number of rotatable bonds is 6. The molecular formula is C25H26F3N3O3. The van der Waals surface area contributed by atoms with Crippen molar-refractivity contribution in [2.75, 3.05) is 0 Å². The minimum atomic E-state index is -4.39. The fraction of sp³-hybridized carbons (Fsp3) is 0.400. The first-order valence-electron chi connectivity index (χ1n) is 11.4. The number of fused-ring (bicyclic) bond motifs is 1. The summed E-state index contributed by atoms with van der Waals surface area (Å²) in [6.45, 7) is 2.47. The van der Waals surface area contributed by atoms with Gasteiger partial charge in [0.25, 0.3) is 5.91 Å². The molecule has 9 heteroatoms. The molecule has 2 aromatic carbocycles. The van der Waals surface area contributed by atoms with E-state index in [9.17, 15) is 27.9 Å². The first-order chi connectivity index (χ1) is 16.2. The van der Waals surface area contributed by atoms with Gasteiger partial charge in [-0.25, -0.2) is 0 Å². The highest BCUT2D eigenvalue weighted by Crippen LogP contribution is 2.31. The smallest absolute Gasteiger partial charge is 0.416 e. The lowest BCUT2D eigenvalue weighted by molar-refractivity contribution is -0.143. The number of hydrogen-bond donors (Lipinski definition) is 2. The van der Waals surface area contributed by atoms with Gasteiger partial charge < -0.3 is 10.4 Å². The van der Waals surface area contributed by atoms with Gasteiger partial charge in [0, 0.05) is 18.0 Å². The summed E-state index contributed by atoms with van der Waals surface area (Å²) in [5.41, 5.74) is 1.86. The average Bonchev–Trinajstić information content (AvgIpc) is 3.19. The van der Waals surface area contributed by atoms with Crippen molar-refractivity contribution >= 4 is 22.8 Å². The molecule has 0 aliphatic heterocycles. The van der Waals surface area contributed by atoms with Crippen LogP contribution in [0.25, 0.3) is 10.9 Å². The fourth-order valence-electron chi connectivity index (χ4n) is 4.62. The molecule has 0 unspecified atom stereocenters. The Hall–Kier alpha value is -3.36. The summed E-state index contributed by atoms with van der Waals surface area (Å²) in [6, 6.07) is 10.5. The Morgan fingerprint density at radius 2 is 1.76 bits per heavy atom. The Balaban J connectivity index is 1.60. The number of amides is 1. The Morgan fingerprint density at radius 3 is 2.35 bits per heavy atom. The summed E-state index contributed by atoms with van der Waals surface area (Å²) < 4.78 is 40.5. The average molecular weight is 473 g/mol. The number of aryl methyl sites for hydroxylation is 1. The summed E-state index contributed by atoms with van der Waals surface area (Å²) in [4.78, 5) is 24.4. The van der Waals surface area contributed by atoms with Crippen molar-refractivity contribution in [3.63, 3.8) is 0 Å². The van der Waals surface area contributed by atoms with Crippen LogP contribution in [0.2, 0.25) is 0 Å². The van der Waals surface area contributed by atoms with E-state index in [1.54, 1.807) is 4.68 Å². The maximum absolute atomic E-state index is 13.2. The Bertz CT molecular complexity index is 1190. The van der Waals surface area contributed by atoms with Crippen LogP contribution in [0.4, 0.5) is 13.2 Å². The van der Waals surface area contributed by atoms with Crippen LogP contribution in [0, 0.1) is 5.92 Å². The third-order valence-electron chi connectivity index (χ3n) is 6.47. The van der Waals surface area contributed by atoms with E-state index in [0.29, 0.717) is 49.6 Å². The summed E-state index contributed by atoms with van der Waals surface area (Å²) in [7, 11) is 0. The van der Waals surface area contributed by atoms with Crippen molar-refractivity contribution in [2.45, 2.75) is 57.8 Å². The maximum atomic E-state index is 13.2. The minimum Gasteiger partial charge on any atom is -0.481 e. The number of aliphatic carboxylic acids is 1. The normalized spacial score (nSPS) is 18.7. The van der Waals surface area contributed by atoms with Crippen LogP contribution >= 0.6 is 0 Å². The lowest BCUT2D eigenvalue weighted by atomic mass is 9.86. The molecule has 1 aromatic heterocycles. The second kappa shape index (κ2) is 9.48. The number of benzene rings is 2. The Kier molecular flexibility index (Phi) is 6.63. The van der Waals surface area contributed by atoms with Crippen molar-refractivity contribution in [1.82, 2.24) is 15.1 Å². The number of carbonyl (C=O) groups is 2. The highest BCUT2D eigenvalue weighted by molar-refractivity contribution is 6.06. The largest absolute Gasteiger partial charge is 0.481 e. The summed E-state index contributed by atoms with van der Waals surface area (Å²) in [5, 5.41) is 17.4. The van der Waals surface area contributed by atoms with Crippen molar-refractivity contribution < 1.29 is 27.9 Å². The molecule has 1 aliphatic rings. The van der Waals surface area contributed by atoms with Gasteiger partial charge in [-0.15, -0.1) is 0 Å². The molecule has 1 amide bonds. The number of alkyl halides is 3. The molecule has 2 N–H and O–H groups in total. The van der Waals surface area contributed by atoms with E-state index in [1.165, 1.54) is 12.1 Å². The van der Waals surface area contributed by atoms with E-state index in [-0.39, 0.29) is 23.6 Å². The van der Waals surface area contributed by atoms with Crippen molar-refractivity contribution in [1.29, 1.82) is 0 Å². The van der Waals surface area contributed by atoms with Gasteiger partial charge in [-0.1, -0.05) is 24.3 Å². The predicted octanol–water partition coefficient (Wildman–Crippen LogP) is 5.04. The quantitative estimate of drug-likeness (QED) is 0.526. The fourth-order valence-corrected chi connectivity index (χ4v) is 4.62. The third-order valence-corrected chi connectivity index (χ3v) is 6.47. The van der Waals surface area contributed by atoms with Crippen LogP contribution in [0.15, 0.2) is 42.5 Å². The van der Waals surface area contributed by atoms with Crippen LogP contribution in [0.5, 0.6) is 0 Å². The first-order valence-corrected chi connectivity index (χ1v) is 11.4. The van der Waals surface area contributed by atoms with Gasteiger partial charge in [0.15, 0.2) is 5.69 Å². The third kappa shape index (κ3) is 4.93. The molecule has 0 saturated heterocycles. The van der Waals surface area contributed by atoms with Crippen molar-refractivity contribution in [3.8, 4) is 0 Å². The molecule has 0 spiro atoms. The van der Waals surface area contributed by atoms with Crippen LogP contribution < -0.4 is 5.32 Å². The molecule has 1 saturated carbocycles. The molecule has 1 heterocycles. The highest BCUT2D eigenvalue weighted by atomic mass is 19.4. The van der Waals surface area contributed by atoms with Crippen LogP contribution in [-0.2, 0) is 23.9 Å². The molecule has 34 heavy (non-hydrogen) atoms. The second-order valence-electron chi connectivity index (χ2n) is 8.71. The van der Waals surface area contributed by atoms with Gasteiger partial charge in [-0.3, -0.25) is 14.3 Å². The molecule has 0 bridgehead atoms. The van der Waals surface area contributed by atoms with E-state index >= 15 is 0 Å². The zero-order valence-electron chi connectivity index (χ0n) is 18.7. The number of carbonyl (C=O) groups excluding carboxylic acids is 1. The molecule has 180 valence electrons. The van der Waals surface area contributed by atoms with Crippen molar-refractivity contribution in [2.24, 2.45) is 5.92 Å². The lowest BCUT2D eigenvalue weighted by Gasteiger charge is -2.26. The minimum absolute atomic E-state index is 0.119. The highest BCUT2D eigenvalue weighted by Gasteiger charge is 2.30. The van der Waals surface area contributed by atoms with Gasteiger partial charge in [-0.2, -0.15) is 18.3 Å². The standard InChI is InChI=1S/C25H26F3N3O3/c1-2-31-20-5-3-4-17(14-15-6-10-18(11-7-15)25(26,27)28)21(20)22(30-31)23(32)29-19-12-8-16(9-13-19)24(33)34/h3-7,10-11,16,19H,2,8-9,12-14H2,1H3,(H,29,32)(H,33,34)/t16-,19+. The van der Waals surface area contributed by atoms with Gasteiger partial charge in [0.05, 0.1) is 17.0 Å². The summed E-state index contributed by atoms with van der Waals surface area (Å²) in [5.74, 6) is -1.50. The van der Waals surface area contributed by atoms with Gasteiger partial charge >= 0.3 is 12.1 Å². The predicted molar refractivity (Wildman–Crippen MR) is 121 cm³/mol. The summed E-state index contributed by atoms with van der Waals surface area (Å²) >= 11 is 0. The molecule has 4 rings (SSSR count). The number of halogens is 3. The van der Waals surface area contributed by atoms with E-state index in [0.717, 1.165) is 23.2 Å². The van der Waals surface area contributed by atoms with E-state index in [1.807, 2.05) is 25.1 Å². The number of aromatic nitrogens is 2. The molecule has 0 atom stereocenters. The number of carboxylic acid groups (broad SMARTS) is 1. The Morgan fingerprint density at radius 1 is 1.09 bits per heavy atom. The van der Waals surface area contributed by atoms with Crippen LogP contribution in [-0.4, -0.2) is 32.8 Å². The molecule has 1 aliphatic carbocycles. The lowest BCUT2D eigenvalue weighted by Crippen LogP contribution is -2.39. The van der Waals surface area contributed by atoms with Crippen LogP contribution in [0.1, 0.15) is 59.8 Å². The van der Waals surface area contributed by atoms with Crippen LogP contribution in [0.3, 0.4) is 0 Å². The SMILES string of the molecule is CCn1nc(C(=O)N[C@H]2CC[C@@H](C(=O)O)CC2)c2c(Cc3ccc(C(F)(F)F)cc3)cccc21. The summed E-state index contributed by atoms with van der Waals surface area (Å²) in [6.07, 6.45) is -1.82. The van der Waals surface area contributed by atoms with E-state index < -0.39 is 17.7 Å². The maximum Gasteiger partial charge on any atom is 0.416 e. The second-order valence-corrected chi connectivity index (χ2v) is 8.71. The number of hydrogen-bond acceptors (Lipinski definition) is 3. The number of nitrogens with one attached hydrogen (secondary N) is 1. The first kappa shape index (κ1) is 23.8. The number of carboxylic acids is 1. The zero-order chi connectivity index (χ0) is 24.5. The van der Waals surface area contributed by atoms with E-state index in [2.05, 4.69) is 10.4 Å². The zero-order valence-corrected chi connectivity index (χ0v) is 18.7. The van der Waals surface area contributed by atoms with Gasteiger partial charge in [0.1, 0.15) is 0 Å². The number of nitrogens with zero attached hydrogens (tertiary/aromatic N) is 2. The van der Waals surface area contributed by atoms with Gasteiger partial charge in [-0.05, 0) is 68.4 Å². The molecule has 6 nitrogen and oxygen atoms in total. The molecule has 0 radical (unpaired) electrons. The van der Waals surface area contributed by atoms with Crippen molar-refractivity contribution in [3.05, 3.63) is 64.8 Å². The molecular weight excluding hydrogens is 447 g/mol. The molecule has 3 aromatic rings. The van der Waals surface area contributed by atoms with E-state index in [4.69, 9.17) is 0 Å². The molecule has 1 fully saturated rings. The van der Waals surface area contributed by atoms with Gasteiger partial charge in [0.2, 0.25) is 0 Å².